The molecule has 21 heavy (non-hydrogen) atoms. The molecule has 0 bridgehead atoms. The number of aromatic amines is 1. The number of hydrogen-bond donors (Lipinski definition) is 2. The van der Waals surface area contributed by atoms with Crippen molar-refractivity contribution in [3.8, 4) is 11.4 Å². The van der Waals surface area contributed by atoms with E-state index >= 15 is 0 Å². The van der Waals surface area contributed by atoms with Crippen molar-refractivity contribution >= 4 is 16.9 Å². The summed E-state index contributed by atoms with van der Waals surface area (Å²) in [4.78, 5) is 11.0. The minimum Gasteiger partial charge on any atom is -0.338 e. The number of rotatable bonds is 2. The zero-order valence-corrected chi connectivity index (χ0v) is 11.5. The molecule has 1 unspecified atom stereocenters. The minimum absolute atomic E-state index is 0.221. The molecule has 1 aromatic carbocycles. The van der Waals surface area contributed by atoms with Gasteiger partial charge in [-0.2, -0.15) is 4.98 Å². The maximum atomic E-state index is 5.93. The number of aromatic nitrogens is 4. The first-order valence-corrected chi connectivity index (χ1v) is 7.08. The summed E-state index contributed by atoms with van der Waals surface area (Å²) >= 11 is 0. The third-order valence-corrected chi connectivity index (χ3v) is 3.86. The van der Waals surface area contributed by atoms with E-state index < -0.39 is 0 Å². The van der Waals surface area contributed by atoms with Gasteiger partial charge in [0.2, 0.25) is 5.95 Å². The highest BCUT2D eigenvalue weighted by Crippen LogP contribution is 2.23. The fourth-order valence-corrected chi connectivity index (χ4v) is 2.72. The first-order chi connectivity index (χ1) is 10.3. The van der Waals surface area contributed by atoms with Gasteiger partial charge in [-0.25, -0.2) is 0 Å². The lowest BCUT2D eigenvalue weighted by atomic mass is 10.1. The number of pyridine rings is 1. The lowest BCUT2D eigenvalue weighted by Gasteiger charge is -2.11. The van der Waals surface area contributed by atoms with Crippen LogP contribution in [0.25, 0.3) is 22.3 Å². The van der Waals surface area contributed by atoms with E-state index in [0.29, 0.717) is 0 Å². The zero-order valence-electron chi connectivity index (χ0n) is 11.5. The van der Waals surface area contributed by atoms with E-state index in [2.05, 4.69) is 31.1 Å². The highest BCUT2D eigenvalue weighted by Gasteiger charge is 2.22. The van der Waals surface area contributed by atoms with E-state index in [0.717, 1.165) is 47.7 Å². The highest BCUT2D eigenvalue weighted by molar-refractivity contribution is 5.83. The van der Waals surface area contributed by atoms with Crippen LogP contribution in [-0.2, 0) is 0 Å². The van der Waals surface area contributed by atoms with Crippen molar-refractivity contribution in [2.24, 2.45) is 5.73 Å². The van der Waals surface area contributed by atoms with Gasteiger partial charge >= 0.3 is 0 Å². The Morgan fingerprint density at radius 3 is 3.10 bits per heavy atom. The topological polar surface area (TPSA) is 83.7 Å². The molecule has 4 rings (SSSR count). The van der Waals surface area contributed by atoms with E-state index in [1.165, 1.54) is 0 Å². The molecule has 2 aromatic heterocycles. The first-order valence-electron chi connectivity index (χ1n) is 7.08. The highest BCUT2D eigenvalue weighted by atomic mass is 15.4. The SMILES string of the molecule is NC1CCN(c2n[nH]c(-c3ccc4ncccc4c3)n2)C1. The van der Waals surface area contributed by atoms with Crippen LogP contribution < -0.4 is 10.6 Å². The summed E-state index contributed by atoms with van der Waals surface area (Å²) in [5.74, 6) is 1.50. The average molecular weight is 280 g/mol. The number of benzene rings is 1. The molecule has 0 spiro atoms. The molecule has 1 aliphatic rings. The fourth-order valence-electron chi connectivity index (χ4n) is 2.72. The molecule has 0 aliphatic carbocycles. The van der Waals surface area contributed by atoms with Gasteiger partial charge in [0.05, 0.1) is 5.52 Å². The van der Waals surface area contributed by atoms with Crippen LogP contribution in [0, 0.1) is 0 Å². The Balaban J connectivity index is 1.67. The standard InChI is InChI=1S/C15H16N6/c16-12-5-7-21(9-12)15-18-14(19-20-15)11-3-4-13-10(8-11)2-1-6-17-13/h1-4,6,8,12H,5,7,9,16H2,(H,18,19,20). The van der Waals surface area contributed by atoms with Crippen LogP contribution in [0.1, 0.15) is 6.42 Å². The predicted octanol–water partition coefficient (Wildman–Crippen LogP) is 1.56. The molecule has 1 fully saturated rings. The molecule has 3 heterocycles. The molecule has 106 valence electrons. The van der Waals surface area contributed by atoms with Gasteiger partial charge in [0.15, 0.2) is 5.82 Å². The summed E-state index contributed by atoms with van der Waals surface area (Å²) in [6.45, 7) is 1.74. The first kappa shape index (κ1) is 12.3. The lowest BCUT2D eigenvalue weighted by Crippen LogP contribution is -2.26. The van der Waals surface area contributed by atoms with E-state index in [9.17, 15) is 0 Å². The predicted molar refractivity (Wildman–Crippen MR) is 81.9 cm³/mol. The van der Waals surface area contributed by atoms with Gasteiger partial charge in [0.1, 0.15) is 0 Å². The summed E-state index contributed by atoms with van der Waals surface area (Å²) in [6, 6.07) is 10.3. The monoisotopic (exact) mass is 280 g/mol. The van der Waals surface area contributed by atoms with Crippen LogP contribution in [0.2, 0.25) is 0 Å². The number of H-pyrrole nitrogens is 1. The second-order valence-corrected chi connectivity index (χ2v) is 5.39. The Kier molecular flexibility index (Phi) is 2.82. The molecule has 6 heteroatoms. The second-order valence-electron chi connectivity index (χ2n) is 5.39. The number of fused-ring (bicyclic) bond motifs is 1. The van der Waals surface area contributed by atoms with Crippen LogP contribution in [0.4, 0.5) is 5.95 Å². The molecule has 0 radical (unpaired) electrons. The van der Waals surface area contributed by atoms with E-state index in [1.54, 1.807) is 6.20 Å². The van der Waals surface area contributed by atoms with Crippen molar-refractivity contribution < 1.29 is 0 Å². The molecule has 3 N–H and O–H groups in total. The Labute approximate surface area is 122 Å². The number of hydrogen-bond acceptors (Lipinski definition) is 5. The fraction of sp³-hybridized carbons (Fsp3) is 0.267. The summed E-state index contributed by atoms with van der Waals surface area (Å²) in [5.41, 5.74) is 7.92. The van der Waals surface area contributed by atoms with Crippen molar-refractivity contribution in [3.05, 3.63) is 36.5 Å². The minimum atomic E-state index is 0.221. The van der Waals surface area contributed by atoms with E-state index in [-0.39, 0.29) is 6.04 Å². The molecule has 3 aromatic rings. The third-order valence-electron chi connectivity index (χ3n) is 3.86. The number of nitrogens with zero attached hydrogens (tertiary/aromatic N) is 4. The molecule has 6 nitrogen and oxygen atoms in total. The molecule has 0 saturated carbocycles. The van der Waals surface area contributed by atoms with E-state index in [1.807, 2.05) is 24.3 Å². The van der Waals surface area contributed by atoms with Crippen molar-refractivity contribution in [1.29, 1.82) is 0 Å². The molecular weight excluding hydrogens is 264 g/mol. The number of nitrogens with two attached hydrogens (primary N) is 1. The smallest absolute Gasteiger partial charge is 0.245 e. The van der Waals surface area contributed by atoms with Crippen molar-refractivity contribution in [2.45, 2.75) is 12.5 Å². The molecule has 1 saturated heterocycles. The summed E-state index contributed by atoms with van der Waals surface area (Å²) in [5, 5.41) is 8.42. The summed E-state index contributed by atoms with van der Waals surface area (Å²) in [7, 11) is 0. The zero-order chi connectivity index (χ0) is 14.2. The van der Waals surface area contributed by atoms with Gasteiger partial charge in [-0.05, 0) is 30.7 Å². The van der Waals surface area contributed by atoms with Crippen LogP contribution >= 0.6 is 0 Å². The van der Waals surface area contributed by atoms with Crippen LogP contribution in [0.5, 0.6) is 0 Å². The van der Waals surface area contributed by atoms with Crippen LogP contribution in [-0.4, -0.2) is 39.3 Å². The maximum absolute atomic E-state index is 5.93. The van der Waals surface area contributed by atoms with Gasteiger partial charge in [0, 0.05) is 36.3 Å². The van der Waals surface area contributed by atoms with Gasteiger partial charge in [0.25, 0.3) is 0 Å². The molecule has 1 atom stereocenters. The molecule has 1 aliphatic heterocycles. The summed E-state index contributed by atoms with van der Waals surface area (Å²) in [6.07, 6.45) is 2.79. The van der Waals surface area contributed by atoms with Gasteiger partial charge in [-0.1, -0.05) is 6.07 Å². The van der Waals surface area contributed by atoms with Crippen LogP contribution in [0.15, 0.2) is 36.5 Å². The van der Waals surface area contributed by atoms with Crippen LogP contribution in [0.3, 0.4) is 0 Å². The summed E-state index contributed by atoms with van der Waals surface area (Å²) < 4.78 is 0. The third kappa shape index (κ3) is 2.23. The Morgan fingerprint density at radius 1 is 1.29 bits per heavy atom. The van der Waals surface area contributed by atoms with Gasteiger partial charge in [-0.15, -0.1) is 5.10 Å². The van der Waals surface area contributed by atoms with Gasteiger partial charge in [-0.3, -0.25) is 10.1 Å². The van der Waals surface area contributed by atoms with Crippen molar-refractivity contribution in [3.63, 3.8) is 0 Å². The van der Waals surface area contributed by atoms with Crippen molar-refractivity contribution in [2.75, 3.05) is 18.0 Å². The number of nitrogens with one attached hydrogen (secondary N) is 1. The normalized spacial score (nSPS) is 18.5. The Morgan fingerprint density at radius 2 is 2.24 bits per heavy atom. The Hall–Kier alpha value is -2.47. The largest absolute Gasteiger partial charge is 0.338 e. The molecule has 0 amide bonds. The van der Waals surface area contributed by atoms with Crippen molar-refractivity contribution in [1.82, 2.24) is 20.2 Å². The second kappa shape index (κ2) is 4.82. The Bertz CT molecular complexity index is 780. The number of anilines is 1. The lowest BCUT2D eigenvalue weighted by molar-refractivity contribution is 0.750. The quantitative estimate of drug-likeness (QED) is 0.744. The molecular formula is C15H16N6. The van der Waals surface area contributed by atoms with E-state index in [4.69, 9.17) is 5.73 Å². The average Bonchev–Trinajstić information content (AvgIpc) is 3.15. The maximum Gasteiger partial charge on any atom is 0.245 e. The van der Waals surface area contributed by atoms with Gasteiger partial charge < -0.3 is 10.6 Å².